The third-order valence-corrected chi connectivity index (χ3v) is 3.88. The molecule has 1 saturated heterocycles. The zero-order chi connectivity index (χ0) is 15.2. The maximum atomic E-state index is 11.9. The van der Waals surface area contributed by atoms with Gasteiger partial charge in [0, 0.05) is 13.1 Å². The summed E-state index contributed by atoms with van der Waals surface area (Å²) >= 11 is 0. The Morgan fingerprint density at radius 2 is 1.90 bits per heavy atom. The van der Waals surface area contributed by atoms with Crippen LogP contribution in [-0.2, 0) is 14.4 Å². The van der Waals surface area contributed by atoms with Crippen molar-refractivity contribution in [1.82, 2.24) is 10.2 Å². The molecule has 0 saturated carbocycles. The van der Waals surface area contributed by atoms with Gasteiger partial charge in [0.25, 0.3) is 0 Å². The Kier molecular flexibility index (Phi) is 5.94. The number of hydrogen-bond donors (Lipinski definition) is 3. The number of carboxylic acid groups (broad SMARTS) is 1. The number of aliphatic carboxylic acids is 1. The third-order valence-electron chi connectivity index (χ3n) is 3.88. The Balaban J connectivity index is 2.50. The molecule has 1 heterocycles. The van der Waals surface area contributed by atoms with E-state index in [-0.39, 0.29) is 24.9 Å². The summed E-state index contributed by atoms with van der Waals surface area (Å²) in [7, 11) is 0. The quantitative estimate of drug-likeness (QED) is 0.612. The van der Waals surface area contributed by atoms with Crippen LogP contribution in [0.15, 0.2) is 0 Å². The molecule has 0 spiro atoms. The highest BCUT2D eigenvalue weighted by Crippen LogP contribution is 2.36. The molecule has 7 heteroatoms. The highest BCUT2D eigenvalue weighted by atomic mass is 16.4. The number of carbonyl (C=O) groups is 3. The molecule has 0 atom stereocenters. The smallest absolute Gasteiger partial charge is 0.309 e. The van der Waals surface area contributed by atoms with E-state index in [1.54, 1.807) is 4.90 Å². The number of likely N-dealkylation sites (tertiary alicyclic amines) is 1. The molecule has 114 valence electrons. The van der Waals surface area contributed by atoms with Gasteiger partial charge in [0.15, 0.2) is 0 Å². The van der Waals surface area contributed by atoms with Crippen molar-refractivity contribution in [2.75, 3.05) is 26.2 Å². The number of nitrogens with two attached hydrogens (primary N) is 1. The average molecular weight is 285 g/mol. The first-order valence-electron chi connectivity index (χ1n) is 6.93. The molecule has 1 aliphatic heterocycles. The first-order valence-corrected chi connectivity index (χ1v) is 6.93. The molecule has 2 amide bonds. The summed E-state index contributed by atoms with van der Waals surface area (Å²) in [5.41, 5.74) is 4.43. The normalized spacial score (nSPS) is 17.6. The minimum absolute atomic E-state index is 0.0795. The van der Waals surface area contributed by atoms with Crippen LogP contribution in [0, 0.1) is 5.41 Å². The van der Waals surface area contributed by atoms with Crippen LogP contribution in [0.5, 0.6) is 0 Å². The summed E-state index contributed by atoms with van der Waals surface area (Å²) in [6, 6.07) is 0. The van der Waals surface area contributed by atoms with Gasteiger partial charge in [0.2, 0.25) is 11.8 Å². The van der Waals surface area contributed by atoms with Gasteiger partial charge in [0.05, 0.1) is 18.5 Å². The molecule has 0 bridgehead atoms. The second-order valence-corrected chi connectivity index (χ2v) is 5.20. The number of rotatable bonds is 6. The number of nitrogens with zero attached hydrogens (tertiary/aromatic N) is 1. The van der Waals surface area contributed by atoms with E-state index in [2.05, 4.69) is 5.32 Å². The van der Waals surface area contributed by atoms with E-state index in [9.17, 15) is 19.5 Å². The molecular weight excluding hydrogens is 262 g/mol. The van der Waals surface area contributed by atoms with Crippen LogP contribution < -0.4 is 11.1 Å². The molecule has 20 heavy (non-hydrogen) atoms. The van der Waals surface area contributed by atoms with Crippen molar-refractivity contribution >= 4 is 17.8 Å². The second-order valence-electron chi connectivity index (χ2n) is 5.20. The van der Waals surface area contributed by atoms with E-state index in [1.807, 2.05) is 6.92 Å². The Morgan fingerprint density at radius 3 is 2.35 bits per heavy atom. The van der Waals surface area contributed by atoms with Crippen LogP contribution in [0.1, 0.15) is 32.6 Å². The Hall–Kier alpha value is -1.63. The van der Waals surface area contributed by atoms with Crippen LogP contribution in [0.3, 0.4) is 0 Å². The number of carboxylic acids is 1. The topological polar surface area (TPSA) is 113 Å². The molecule has 0 aromatic rings. The number of carbonyl (C=O) groups excluding carboxylic acids is 2. The fourth-order valence-electron chi connectivity index (χ4n) is 2.59. The van der Waals surface area contributed by atoms with Crippen molar-refractivity contribution in [2.24, 2.45) is 11.1 Å². The fraction of sp³-hybridized carbons (Fsp3) is 0.769. The summed E-state index contributed by atoms with van der Waals surface area (Å²) in [6.45, 7) is 2.58. The molecule has 0 aliphatic carbocycles. The van der Waals surface area contributed by atoms with E-state index in [0.29, 0.717) is 32.4 Å². The lowest BCUT2D eigenvalue weighted by Crippen LogP contribution is -2.49. The van der Waals surface area contributed by atoms with Crippen molar-refractivity contribution in [3.05, 3.63) is 0 Å². The van der Waals surface area contributed by atoms with E-state index in [4.69, 9.17) is 5.73 Å². The summed E-state index contributed by atoms with van der Waals surface area (Å²) in [6.07, 6.45) is 2.38. The van der Waals surface area contributed by atoms with Crippen molar-refractivity contribution in [2.45, 2.75) is 32.6 Å². The lowest BCUT2D eigenvalue weighted by Gasteiger charge is -2.38. The van der Waals surface area contributed by atoms with Gasteiger partial charge >= 0.3 is 5.97 Å². The van der Waals surface area contributed by atoms with Gasteiger partial charge in [-0.15, -0.1) is 0 Å². The van der Waals surface area contributed by atoms with Crippen LogP contribution >= 0.6 is 0 Å². The summed E-state index contributed by atoms with van der Waals surface area (Å²) in [5.74, 6) is -1.34. The van der Waals surface area contributed by atoms with E-state index >= 15 is 0 Å². The largest absolute Gasteiger partial charge is 0.481 e. The van der Waals surface area contributed by atoms with Crippen molar-refractivity contribution in [3.63, 3.8) is 0 Å². The van der Waals surface area contributed by atoms with Crippen LogP contribution in [0.2, 0.25) is 0 Å². The van der Waals surface area contributed by atoms with E-state index in [1.165, 1.54) is 0 Å². The predicted molar refractivity (Wildman–Crippen MR) is 72.9 cm³/mol. The standard InChI is InChI=1S/C13H23N3O4/c1-2-3-13(12(19)20)4-6-16(7-5-13)11(18)9-15-10(17)8-14/h2-9,14H2,1H3,(H,15,17)(H,19,20). The molecular formula is C13H23N3O4. The van der Waals surface area contributed by atoms with Gasteiger partial charge in [-0.3, -0.25) is 14.4 Å². The molecule has 0 aromatic heterocycles. The van der Waals surface area contributed by atoms with Gasteiger partial charge in [0.1, 0.15) is 0 Å². The van der Waals surface area contributed by atoms with Gasteiger partial charge in [-0.25, -0.2) is 0 Å². The molecule has 7 nitrogen and oxygen atoms in total. The van der Waals surface area contributed by atoms with Crippen LogP contribution in [-0.4, -0.2) is 54.0 Å². The summed E-state index contributed by atoms with van der Waals surface area (Å²) in [5, 5.41) is 11.8. The maximum absolute atomic E-state index is 11.9. The van der Waals surface area contributed by atoms with Gasteiger partial charge in [-0.2, -0.15) is 0 Å². The lowest BCUT2D eigenvalue weighted by atomic mass is 9.75. The number of piperidine rings is 1. The maximum Gasteiger partial charge on any atom is 0.309 e. The van der Waals surface area contributed by atoms with Gasteiger partial charge in [-0.1, -0.05) is 13.3 Å². The Labute approximate surface area is 118 Å². The highest BCUT2D eigenvalue weighted by molar-refractivity contribution is 5.85. The molecule has 0 unspecified atom stereocenters. The predicted octanol–water partition coefficient (Wildman–Crippen LogP) is -0.445. The zero-order valence-electron chi connectivity index (χ0n) is 11.9. The lowest BCUT2D eigenvalue weighted by molar-refractivity contribution is -0.154. The van der Waals surface area contributed by atoms with Crippen molar-refractivity contribution in [1.29, 1.82) is 0 Å². The average Bonchev–Trinajstić information content (AvgIpc) is 2.45. The van der Waals surface area contributed by atoms with Gasteiger partial charge in [-0.05, 0) is 19.3 Å². The molecule has 1 fully saturated rings. The van der Waals surface area contributed by atoms with E-state index in [0.717, 1.165) is 6.42 Å². The van der Waals surface area contributed by atoms with Crippen molar-refractivity contribution in [3.8, 4) is 0 Å². The summed E-state index contributed by atoms with van der Waals surface area (Å²) in [4.78, 5) is 35.9. The van der Waals surface area contributed by atoms with Crippen LogP contribution in [0.25, 0.3) is 0 Å². The number of nitrogens with one attached hydrogen (secondary N) is 1. The SMILES string of the molecule is CCCC1(C(=O)O)CCN(C(=O)CNC(=O)CN)CC1. The number of amides is 2. The second kappa shape index (κ2) is 7.23. The summed E-state index contributed by atoms with van der Waals surface area (Å²) < 4.78 is 0. The zero-order valence-corrected chi connectivity index (χ0v) is 11.9. The Morgan fingerprint density at radius 1 is 1.30 bits per heavy atom. The van der Waals surface area contributed by atoms with Crippen molar-refractivity contribution < 1.29 is 19.5 Å². The highest BCUT2D eigenvalue weighted by Gasteiger charge is 2.41. The minimum Gasteiger partial charge on any atom is -0.481 e. The molecule has 4 N–H and O–H groups in total. The molecule has 1 rings (SSSR count). The fourth-order valence-corrected chi connectivity index (χ4v) is 2.59. The molecule has 1 aliphatic rings. The molecule has 0 aromatic carbocycles. The van der Waals surface area contributed by atoms with Crippen LogP contribution in [0.4, 0.5) is 0 Å². The monoisotopic (exact) mass is 285 g/mol. The van der Waals surface area contributed by atoms with E-state index < -0.39 is 11.4 Å². The first kappa shape index (κ1) is 16.4. The minimum atomic E-state index is -0.775. The third kappa shape index (κ3) is 3.93. The molecule has 0 radical (unpaired) electrons. The first-order chi connectivity index (χ1) is 9.45. The number of hydrogen-bond acceptors (Lipinski definition) is 4. The van der Waals surface area contributed by atoms with Gasteiger partial charge < -0.3 is 21.1 Å². The Bertz CT molecular complexity index is 376.